The van der Waals surface area contributed by atoms with Crippen LogP contribution < -0.4 is 10.9 Å². The van der Waals surface area contributed by atoms with Crippen molar-refractivity contribution in [2.45, 2.75) is 11.8 Å². The molecule has 1 heterocycles. The van der Waals surface area contributed by atoms with Crippen LogP contribution in [0.2, 0.25) is 0 Å². The normalized spacial score (nSPS) is 11.5. The number of hydrogen-bond acceptors (Lipinski definition) is 4. The lowest BCUT2D eigenvalue weighted by Gasteiger charge is -2.16. The maximum atomic E-state index is 12.0. The molecule has 1 aromatic heterocycles. The summed E-state index contributed by atoms with van der Waals surface area (Å²) in [7, 11) is -2.47. The quantitative estimate of drug-likeness (QED) is 0.728. The summed E-state index contributed by atoms with van der Waals surface area (Å²) >= 11 is 0. The summed E-state index contributed by atoms with van der Waals surface area (Å²) in [6.45, 7) is 1.91. The molecule has 2 N–H and O–H groups in total. The standard InChI is InChI=1S/C10H15N3O4S/c1-3-11-10(15)7-13(2)18(16,17)8-4-5-9(14)12-6-8/h4-6H,3,7H2,1-2H3,(H,11,15)(H,12,14). The molecule has 0 saturated carbocycles. The number of aromatic nitrogens is 1. The van der Waals surface area contributed by atoms with Crippen molar-refractivity contribution >= 4 is 15.9 Å². The van der Waals surface area contributed by atoms with Crippen molar-refractivity contribution in [2.24, 2.45) is 0 Å². The van der Waals surface area contributed by atoms with Gasteiger partial charge in [-0.3, -0.25) is 9.59 Å². The van der Waals surface area contributed by atoms with Crippen LogP contribution in [0.1, 0.15) is 6.92 Å². The van der Waals surface area contributed by atoms with Crippen molar-refractivity contribution < 1.29 is 13.2 Å². The van der Waals surface area contributed by atoms with Gasteiger partial charge in [0.1, 0.15) is 0 Å². The molecule has 100 valence electrons. The molecule has 0 radical (unpaired) electrons. The summed E-state index contributed by atoms with van der Waals surface area (Å²) in [5.41, 5.74) is -0.389. The third-order valence-corrected chi connectivity index (χ3v) is 4.00. The van der Waals surface area contributed by atoms with Gasteiger partial charge in [-0.15, -0.1) is 0 Å². The molecule has 1 amide bonds. The second kappa shape index (κ2) is 5.78. The lowest BCUT2D eigenvalue weighted by Crippen LogP contribution is -2.38. The molecule has 7 nitrogen and oxygen atoms in total. The van der Waals surface area contributed by atoms with Crippen LogP contribution in [0, 0.1) is 0 Å². The van der Waals surface area contributed by atoms with E-state index in [1.54, 1.807) is 6.92 Å². The van der Waals surface area contributed by atoms with Crippen LogP contribution >= 0.6 is 0 Å². The fraction of sp³-hybridized carbons (Fsp3) is 0.400. The Hall–Kier alpha value is -1.67. The molecule has 0 unspecified atom stereocenters. The highest BCUT2D eigenvalue weighted by Crippen LogP contribution is 2.10. The Morgan fingerprint density at radius 1 is 1.44 bits per heavy atom. The number of pyridine rings is 1. The first-order chi connectivity index (χ1) is 8.37. The van der Waals surface area contributed by atoms with Crippen LogP contribution in [0.25, 0.3) is 0 Å². The van der Waals surface area contributed by atoms with Crippen LogP contribution in [0.5, 0.6) is 0 Å². The Morgan fingerprint density at radius 2 is 2.11 bits per heavy atom. The molecule has 0 spiro atoms. The highest BCUT2D eigenvalue weighted by atomic mass is 32.2. The van der Waals surface area contributed by atoms with Gasteiger partial charge in [0.05, 0.1) is 11.4 Å². The molecule has 0 aliphatic rings. The molecule has 0 fully saturated rings. The molecular weight excluding hydrogens is 258 g/mol. The molecule has 1 rings (SSSR count). The number of rotatable bonds is 5. The van der Waals surface area contributed by atoms with Crippen molar-refractivity contribution in [2.75, 3.05) is 20.1 Å². The summed E-state index contributed by atoms with van der Waals surface area (Å²) in [6.07, 6.45) is 1.10. The van der Waals surface area contributed by atoms with E-state index in [1.165, 1.54) is 13.1 Å². The van der Waals surface area contributed by atoms with E-state index in [-0.39, 0.29) is 22.9 Å². The molecule has 0 saturated heterocycles. The van der Waals surface area contributed by atoms with Crippen LogP contribution in [-0.2, 0) is 14.8 Å². The lowest BCUT2D eigenvalue weighted by atomic mass is 10.5. The Morgan fingerprint density at radius 3 is 2.61 bits per heavy atom. The van der Waals surface area contributed by atoms with E-state index in [0.29, 0.717) is 6.54 Å². The maximum Gasteiger partial charge on any atom is 0.247 e. The van der Waals surface area contributed by atoms with Crippen LogP contribution in [0.3, 0.4) is 0 Å². The van der Waals surface area contributed by atoms with Gasteiger partial charge in [0.15, 0.2) is 0 Å². The number of nitrogens with one attached hydrogen (secondary N) is 2. The zero-order chi connectivity index (χ0) is 13.8. The van der Waals surface area contributed by atoms with Crippen molar-refractivity contribution in [3.63, 3.8) is 0 Å². The smallest absolute Gasteiger partial charge is 0.247 e. The fourth-order valence-corrected chi connectivity index (χ4v) is 2.37. The van der Waals surface area contributed by atoms with Gasteiger partial charge in [0.2, 0.25) is 21.5 Å². The minimum atomic E-state index is -3.77. The van der Waals surface area contributed by atoms with E-state index in [9.17, 15) is 18.0 Å². The van der Waals surface area contributed by atoms with Crippen molar-refractivity contribution in [3.8, 4) is 0 Å². The van der Waals surface area contributed by atoms with Crippen LogP contribution in [0.15, 0.2) is 28.0 Å². The Balaban J connectivity index is 2.89. The van der Waals surface area contributed by atoms with E-state index in [0.717, 1.165) is 16.6 Å². The lowest BCUT2D eigenvalue weighted by molar-refractivity contribution is -0.121. The van der Waals surface area contributed by atoms with E-state index in [4.69, 9.17) is 0 Å². The topological polar surface area (TPSA) is 99.3 Å². The van der Waals surface area contributed by atoms with Crippen LogP contribution in [0.4, 0.5) is 0 Å². The third kappa shape index (κ3) is 3.41. The van der Waals surface area contributed by atoms with Gasteiger partial charge in [-0.05, 0) is 13.0 Å². The number of hydrogen-bond donors (Lipinski definition) is 2. The van der Waals surface area contributed by atoms with E-state index < -0.39 is 10.0 Å². The number of carbonyl (C=O) groups is 1. The molecule has 0 bridgehead atoms. The molecule has 0 aliphatic heterocycles. The van der Waals surface area contributed by atoms with Gasteiger partial charge in [-0.1, -0.05) is 0 Å². The van der Waals surface area contributed by atoms with E-state index in [2.05, 4.69) is 10.3 Å². The average molecular weight is 273 g/mol. The SMILES string of the molecule is CCNC(=O)CN(C)S(=O)(=O)c1ccc(=O)[nH]c1. The zero-order valence-electron chi connectivity index (χ0n) is 10.1. The second-order valence-corrected chi connectivity index (χ2v) is 5.65. The molecule has 0 aliphatic carbocycles. The summed E-state index contributed by atoms with van der Waals surface area (Å²) in [4.78, 5) is 24.4. The van der Waals surface area contributed by atoms with Gasteiger partial charge < -0.3 is 10.3 Å². The number of aromatic amines is 1. The van der Waals surface area contributed by atoms with Crippen molar-refractivity contribution in [3.05, 3.63) is 28.7 Å². The number of amides is 1. The van der Waals surface area contributed by atoms with Crippen molar-refractivity contribution in [1.29, 1.82) is 0 Å². The summed E-state index contributed by atoms with van der Waals surface area (Å²) in [5, 5.41) is 2.51. The molecule has 18 heavy (non-hydrogen) atoms. The Labute approximate surface area is 105 Å². The largest absolute Gasteiger partial charge is 0.355 e. The predicted molar refractivity (Wildman–Crippen MR) is 65.6 cm³/mol. The molecule has 0 atom stereocenters. The minimum absolute atomic E-state index is 0.0612. The first-order valence-corrected chi connectivity index (χ1v) is 6.73. The highest BCUT2D eigenvalue weighted by Gasteiger charge is 2.22. The maximum absolute atomic E-state index is 12.0. The summed E-state index contributed by atoms with van der Waals surface area (Å²) in [5.74, 6) is -0.381. The van der Waals surface area contributed by atoms with Gasteiger partial charge >= 0.3 is 0 Å². The first-order valence-electron chi connectivity index (χ1n) is 5.29. The first kappa shape index (κ1) is 14.4. The van der Waals surface area contributed by atoms with Gasteiger partial charge in [0, 0.05) is 25.9 Å². The van der Waals surface area contributed by atoms with Crippen molar-refractivity contribution in [1.82, 2.24) is 14.6 Å². The van der Waals surface area contributed by atoms with Gasteiger partial charge in [-0.25, -0.2) is 8.42 Å². The highest BCUT2D eigenvalue weighted by molar-refractivity contribution is 7.89. The second-order valence-electron chi connectivity index (χ2n) is 3.60. The number of likely N-dealkylation sites (N-methyl/N-ethyl adjacent to an activating group) is 2. The monoisotopic (exact) mass is 273 g/mol. The Bertz CT molecular complexity index is 559. The van der Waals surface area contributed by atoms with Gasteiger partial charge in [-0.2, -0.15) is 4.31 Å². The summed E-state index contributed by atoms with van der Waals surface area (Å²) < 4.78 is 24.9. The summed E-state index contributed by atoms with van der Waals surface area (Å²) in [6, 6.07) is 2.31. The zero-order valence-corrected chi connectivity index (χ0v) is 11.0. The molecule has 1 aromatic rings. The molecular formula is C10H15N3O4S. The third-order valence-electron chi connectivity index (χ3n) is 2.20. The minimum Gasteiger partial charge on any atom is -0.355 e. The molecule has 8 heteroatoms. The fourth-order valence-electron chi connectivity index (χ4n) is 1.28. The van der Waals surface area contributed by atoms with Crippen LogP contribution in [-0.4, -0.2) is 43.8 Å². The predicted octanol–water partition coefficient (Wildman–Crippen LogP) is -0.868. The Kier molecular flexibility index (Phi) is 4.62. The number of H-pyrrole nitrogens is 1. The molecule has 0 aromatic carbocycles. The average Bonchev–Trinajstić information content (AvgIpc) is 2.29. The number of nitrogens with zero attached hydrogens (tertiary/aromatic N) is 1. The number of sulfonamides is 1. The van der Waals surface area contributed by atoms with Gasteiger partial charge in [0.25, 0.3) is 0 Å². The van der Waals surface area contributed by atoms with E-state index >= 15 is 0 Å². The number of carbonyl (C=O) groups excluding carboxylic acids is 1. The van der Waals surface area contributed by atoms with E-state index in [1.807, 2.05) is 0 Å².